The molecular weight excluding hydrogens is 248 g/mol. The Morgan fingerprint density at radius 3 is 2.65 bits per heavy atom. The molecule has 1 aliphatic carbocycles. The van der Waals surface area contributed by atoms with Gasteiger partial charge in [0.25, 0.3) is 0 Å². The first kappa shape index (κ1) is 13.3. The Labute approximate surface area is 121 Å². The smallest absolute Gasteiger partial charge is 0.121 e. The summed E-state index contributed by atoms with van der Waals surface area (Å²) in [6.07, 6.45) is 2.41. The van der Waals surface area contributed by atoms with Crippen LogP contribution in [-0.4, -0.2) is 38.3 Å². The Hall–Kier alpha value is -1.73. The molecule has 1 N–H and O–H groups in total. The van der Waals surface area contributed by atoms with Crippen LogP contribution in [0, 0.1) is 11.3 Å². The van der Waals surface area contributed by atoms with Crippen molar-refractivity contribution < 1.29 is 0 Å². The van der Waals surface area contributed by atoms with Crippen LogP contribution in [0.25, 0.3) is 0 Å². The van der Waals surface area contributed by atoms with E-state index in [9.17, 15) is 5.26 Å². The van der Waals surface area contributed by atoms with Gasteiger partial charge in [0.15, 0.2) is 0 Å². The zero-order valence-corrected chi connectivity index (χ0v) is 12.3. The van der Waals surface area contributed by atoms with Crippen LogP contribution in [0.1, 0.15) is 19.8 Å². The summed E-state index contributed by atoms with van der Waals surface area (Å²) < 4.78 is 0. The molecule has 1 saturated carbocycles. The quantitative estimate of drug-likeness (QED) is 0.908. The number of nitrogens with one attached hydrogen (secondary N) is 1. The highest BCUT2D eigenvalue weighted by Crippen LogP contribution is 2.33. The molecule has 1 fully saturated rings. The number of para-hydroxylation sites is 2. The van der Waals surface area contributed by atoms with Gasteiger partial charge in [0.1, 0.15) is 5.54 Å². The number of nitriles is 1. The first-order valence-electron chi connectivity index (χ1n) is 7.35. The number of likely N-dealkylation sites (N-methyl/N-ethyl adjacent to an activating group) is 1. The zero-order chi connectivity index (χ0) is 14.2. The average Bonchev–Trinajstić information content (AvgIpc) is 3.26. The first-order valence-corrected chi connectivity index (χ1v) is 7.35. The third kappa shape index (κ3) is 2.59. The van der Waals surface area contributed by atoms with Gasteiger partial charge in [-0.15, -0.1) is 0 Å². The number of hydrogen-bond acceptors (Lipinski definition) is 4. The molecule has 0 radical (unpaired) electrons. The van der Waals surface area contributed by atoms with E-state index >= 15 is 0 Å². The molecule has 106 valence electrons. The van der Waals surface area contributed by atoms with E-state index in [1.54, 1.807) is 0 Å². The van der Waals surface area contributed by atoms with Crippen molar-refractivity contribution in [2.45, 2.75) is 31.3 Å². The number of fused-ring (bicyclic) bond motifs is 1. The molecule has 0 bridgehead atoms. The third-order valence-electron chi connectivity index (χ3n) is 4.19. The number of benzene rings is 1. The molecule has 1 aromatic carbocycles. The molecule has 0 saturated heterocycles. The van der Waals surface area contributed by atoms with Crippen LogP contribution in [0.3, 0.4) is 0 Å². The van der Waals surface area contributed by atoms with Crippen LogP contribution in [-0.2, 0) is 0 Å². The molecule has 0 aromatic heterocycles. The van der Waals surface area contributed by atoms with Crippen LogP contribution in [0.15, 0.2) is 24.3 Å². The van der Waals surface area contributed by atoms with E-state index in [1.165, 1.54) is 24.2 Å². The van der Waals surface area contributed by atoms with Gasteiger partial charge in [0.2, 0.25) is 0 Å². The van der Waals surface area contributed by atoms with Crippen molar-refractivity contribution in [2.24, 2.45) is 0 Å². The van der Waals surface area contributed by atoms with E-state index < -0.39 is 5.54 Å². The summed E-state index contributed by atoms with van der Waals surface area (Å²) in [6.45, 7) is 4.73. The molecule has 0 spiro atoms. The second-order valence-electron chi connectivity index (χ2n) is 6.19. The van der Waals surface area contributed by atoms with Gasteiger partial charge in [-0.05, 0) is 31.9 Å². The number of anilines is 2. The van der Waals surface area contributed by atoms with Crippen molar-refractivity contribution in [1.29, 1.82) is 5.26 Å². The Kier molecular flexibility index (Phi) is 3.31. The lowest BCUT2D eigenvalue weighted by atomic mass is 10.0. The maximum atomic E-state index is 9.54. The van der Waals surface area contributed by atoms with Gasteiger partial charge in [-0.25, -0.2) is 0 Å². The van der Waals surface area contributed by atoms with E-state index in [4.69, 9.17) is 0 Å². The first-order chi connectivity index (χ1) is 9.61. The molecule has 1 heterocycles. The summed E-state index contributed by atoms with van der Waals surface area (Å²) in [4.78, 5) is 4.62. The Bertz CT molecular complexity index is 532. The molecule has 1 aromatic rings. The Morgan fingerprint density at radius 1 is 1.30 bits per heavy atom. The summed E-state index contributed by atoms with van der Waals surface area (Å²) in [7, 11) is 2.13. The lowest BCUT2D eigenvalue weighted by Crippen LogP contribution is -2.53. The van der Waals surface area contributed by atoms with Crippen molar-refractivity contribution >= 4 is 11.4 Å². The van der Waals surface area contributed by atoms with Crippen LogP contribution in [0.2, 0.25) is 0 Å². The Balaban J connectivity index is 1.80. The molecule has 0 amide bonds. The second-order valence-corrected chi connectivity index (χ2v) is 6.19. The van der Waals surface area contributed by atoms with E-state index in [2.05, 4.69) is 52.5 Å². The minimum atomic E-state index is -0.468. The minimum Gasteiger partial charge on any atom is -0.371 e. The molecule has 4 heteroatoms. The monoisotopic (exact) mass is 270 g/mol. The van der Waals surface area contributed by atoms with E-state index in [-0.39, 0.29) is 0 Å². The summed E-state index contributed by atoms with van der Waals surface area (Å²) in [5, 5.41) is 13.0. The van der Waals surface area contributed by atoms with Crippen LogP contribution >= 0.6 is 0 Å². The summed E-state index contributed by atoms with van der Waals surface area (Å²) in [5.74, 6) is 0. The van der Waals surface area contributed by atoms with Gasteiger partial charge in [-0.2, -0.15) is 5.26 Å². The van der Waals surface area contributed by atoms with E-state index in [1.807, 2.05) is 6.92 Å². The van der Waals surface area contributed by atoms with Gasteiger partial charge in [-0.1, -0.05) is 12.1 Å². The van der Waals surface area contributed by atoms with Crippen LogP contribution < -0.4 is 15.1 Å². The standard InChI is InChI=1S/C16H22N4/c1-16(11-17,18-13-7-8-13)12-20-10-9-19(2)14-5-3-4-6-15(14)20/h3-6,13,18H,7-10,12H2,1-2H3. The average molecular weight is 270 g/mol. The summed E-state index contributed by atoms with van der Waals surface area (Å²) >= 11 is 0. The SMILES string of the molecule is CN1CCN(CC(C)(C#N)NC2CC2)c2ccccc21. The maximum Gasteiger partial charge on any atom is 0.121 e. The fraction of sp³-hybridized carbons (Fsp3) is 0.562. The molecule has 1 aliphatic heterocycles. The largest absolute Gasteiger partial charge is 0.371 e. The number of hydrogen-bond donors (Lipinski definition) is 1. The van der Waals surface area contributed by atoms with Gasteiger partial charge in [0.05, 0.1) is 17.4 Å². The molecule has 4 nitrogen and oxygen atoms in total. The topological polar surface area (TPSA) is 42.3 Å². The normalized spacial score (nSPS) is 21.1. The van der Waals surface area contributed by atoms with Crippen molar-refractivity contribution in [1.82, 2.24) is 5.32 Å². The van der Waals surface area contributed by atoms with Gasteiger partial charge >= 0.3 is 0 Å². The molecular formula is C16H22N4. The molecule has 2 aliphatic rings. The van der Waals surface area contributed by atoms with Gasteiger partial charge in [-0.3, -0.25) is 5.32 Å². The maximum absolute atomic E-state index is 9.54. The lowest BCUT2D eigenvalue weighted by Gasteiger charge is -2.40. The highest BCUT2D eigenvalue weighted by molar-refractivity contribution is 5.73. The predicted molar refractivity (Wildman–Crippen MR) is 82.1 cm³/mol. The van der Waals surface area contributed by atoms with Gasteiger partial charge in [0, 0.05) is 32.7 Å². The second kappa shape index (κ2) is 4.99. The van der Waals surface area contributed by atoms with Crippen molar-refractivity contribution in [3.8, 4) is 6.07 Å². The molecule has 20 heavy (non-hydrogen) atoms. The van der Waals surface area contributed by atoms with Crippen molar-refractivity contribution in [2.75, 3.05) is 36.5 Å². The molecule has 3 rings (SSSR count). The summed E-state index contributed by atoms with van der Waals surface area (Å²) in [6, 6.07) is 11.5. The van der Waals surface area contributed by atoms with Crippen LogP contribution in [0.5, 0.6) is 0 Å². The van der Waals surface area contributed by atoms with Crippen molar-refractivity contribution in [3.63, 3.8) is 0 Å². The Morgan fingerprint density at radius 2 is 2.00 bits per heavy atom. The lowest BCUT2D eigenvalue weighted by molar-refractivity contribution is 0.437. The fourth-order valence-electron chi connectivity index (χ4n) is 2.90. The highest BCUT2D eigenvalue weighted by atomic mass is 15.3. The minimum absolute atomic E-state index is 0.468. The summed E-state index contributed by atoms with van der Waals surface area (Å²) in [5.41, 5.74) is 2.02. The predicted octanol–water partition coefficient (Wildman–Crippen LogP) is 1.98. The molecule has 1 unspecified atom stereocenters. The van der Waals surface area contributed by atoms with Crippen LogP contribution in [0.4, 0.5) is 11.4 Å². The zero-order valence-electron chi connectivity index (χ0n) is 12.3. The van der Waals surface area contributed by atoms with Crippen molar-refractivity contribution in [3.05, 3.63) is 24.3 Å². The molecule has 1 atom stereocenters. The highest BCUT2D eigenvalue weighted by Gasteiger charge is 2.35. The van der Waals surface area contributed by atoms with E-state index in [0.717, 1.165) is 19.6 Å². The van der Waals surface area contributed by atoms with E-state index in [0.29, 0.717) is 6.04 Å². The van der Waals surface area contributed by atoms with Gasteiger partial charge < -0.3 is 9.80 Å². The number of nitrogens with zero attached hydrogens (tertiary/aromatic N) is 3. The number of rotatable bonds is 4. The third-order valence-corrected chi connectivity index (χ3v) is 4.19. The fourth-order valence-corrected chi connectivity index (χ4v) is 2.90.